The standard InChI is InChI=1S/C30H35F2N3O6/c1-18-5-9-21(31)15-26(18)34-30-33-25-12-8-20(27(32)28(25)40-30)14-23(36)17-39-16-22-4-3-13-35(22)41-24-10-6-19(7-11-24)29(37)38-2/h5,8-9,12,15,19,22,24H,3-4,6-7,10-11,13-14,16-17H2,1-2H3,(H,33,34)/t19-,22-,24-/m0/s1. The minimum absolute atomic E-state index is 0.0271. The van der Waals surface area contributed by atoms with Crippen molar-refractivity contribution in [2.45, 2.75) is 64.0 Å². The lowest BCUT2D eigenvalue weighted by atomic mass is 9.87. The molecule has 2 heterocycles. The topological polar surface area (TPSA) is 103 Å². The first kappa shape index (κ1) is 29.1. The highest BCUT2D eigenvalue weighted by Gasteiger charge is 2.32. The maximum absolute atomic E-state index is 15.2. The van der Waals surface area contributed by atoms with Gasteiger partial charge in [-0.25, -0.2) is 8.78 Å². The molecule has 1 aliphatic heterocycles. The molecule has 2 aromatic carbocycles. The molecule has 3 aromatic rings. The largest absolute Gasteiger partial charge is 0.469 e. The van der Waals surface area contributed by atoms with Crippen LogP contribution in [0.15, 0.2) is 34.7 Å². The molecule has 0 unspecified atom stereocenters. The van der Waals surface area contributed by atoms with Crippen molar-refractivity contribution >= 4 is 34.6 Å². The first-order valence-corrected chi connectivity index (χ1v) is 14.0. The number of rotatable bonds is 11. The Morgan fingerprint density at radius 1 is 1.12 bits per heavy atom. The van der Waals surface area contributed by atoms with Crippen molar-refractivity contribution < 1.29 is 37.1 Å². The van der Waals surface area contributed by atoms with Gasteiger partial charge in [-0.2, -0.15) is 10.0 Å². The molecule has 1 saturated carbocycles. The number of benzene rings is 2. The third-order valence-electron chi connectivity index (χ3n) is 7.80. The highest BCUT2D eigenvalue weighted by atomic mass is 19.1. The number of anilines is 2. The Labute approximate surface area is 237 Å². The molecule has 2 fully saturated rings. The predicted octanol–water partition coefficient (Wildman–Crippen LogP) is 5.41. The van der Waals surface area contributed by atoms with Crippen molar-refractivity contribution in [3.63, 3.8) is 0 Å². The molecule has 41 heavy (non-hydrogen) atoms. The van der Waals surface area contributed by atoms with Gasteiger partial charge in [-0.15, -0.1) is 0 Å². The number of hydroxylamine groups is 2. The number of esters is 1. The predicted molar refractivity (Wildman–Crippen MR) is 146 cm³/mol. The zero-order valence-electron chi connectivity index (χ0n) is 23.3. The molecule has 1 aliphatic carbocycles. The van der Waals surface area contributed by atoms with Crippen LogP contribution in [0.2, 0.25) is 0 Å². The summed E-state index contributed by atoms with van der Waals surface area (Å²) in [5.41, 5.74) is 1.63. The van der Waals surface area contributed by atoms with Crippen molar-refractivity contribution in [3.8, 4) is 0 Å². The van der Waals surface area contributed by atoms with Crippen LogP contribution in [0.1, 0.15) is 49.7 Å². The highest BCUT2D eigenvalue weighted by molar-refractivity contribution is 5.84. The highest BCUT2D eigenvalue weighted by Crippen LogP contribution is 2.30. The summed E-state index contributed by atoms with van der Waals surface area (Å²) in [7, 11) is 1.42. The van der Waals surface area contributed by atoms with Crippen LogP contribution in [0.4, 0.5) is 20.5 Å². The maximum atomic E-state index is 15.2. The Kier molecular flexibility index (Phi) is 9.26. The number of hydrogen-bond donors (Lipinski definition) is 1. The van der Waals surface area contributed by atoms with E-state index in [1.807, 2.05) is 5.06 Å². The normalized spacial score (nSPS) is 21.3. The molecular weight excluding hydrogens is 536 g/mol. The number of aromatic nitrogens is 1. The lowest BCUT2D eigenvalue weighted by Crippen LogP contribution is -2.39. The number of Topliss-reactive ketones (excluding diaryl/α,β-unsaturated/α-hetero) is 1. The molecular formula is C30H35F2N3O6. The Balaban J connectivity index is 1.10. The fraction of sp³-hybridized carbons (Fsp3) is 0.500. The summed E-state index contributed by atoms with van der Waals surface area (Å²) in [6, 6.07) is 7.42. The zero-order chi connectivity index (χ0) is 28.9. The van der Waals surface area contributed by atoms with Crippen LogP contribution < -0.4 is 5.32 Å². The summed E-state index contributed by atoms with van der Waals surface area (Å²) in [5.74, 6) is -1.55. The minimum Gasteiger partial charge on any atom is -0.469 e. The number of hydrogen-bond acceptors (Lipinski definition) is 9. The molecule has 1 saturated heterocycles. The fourth-order valence-electron chi connectivity index (χ4n) is 5.48. The van der Waals surface area contributed by atoms with E-state index in [1.54, 1.807) is 19.1 Å². The third kappa shape index (κ3) is 7.09. The summed E-state index contributed by atoms with van der Waals surface area (Å²) in [6.45, 7) is 2.78. The number of methoxy groups -OCH3 is 1. The van der Waals surface area contributed by atoms with Gasteiger partial charge in [0.2, 0.25) is 0 Å². The van der Waals surface area contributed by atoms with Crippen LogP contribution in [0.3, 0.4) is 0 Å². The lowest BCUT2D eigenvalue weighted by molar-refractivity contribution is -0.221. The Hall–Kier alpha value is -3.41. The molecule has 11 heteroatoms. The molecule has 9 nitrogen and oxygen atoms in total. The quantitative estimate of drug-likeness (QED) is 0.303. The van der Waals surface area contributed by atoms with E-state index in [2.05, 4.69) is 10.3 Å². The maximum Gasteiger partial charge on any atom is 0.308 e. The number of carbonyl (C=O) groups is 2. The second-order valence-electron chi connectivity index (χ2n) is 10.8. The zero-order valence-corrected chi connectivity index (χ0v) is 23.3. The van der Waals surface area contributed by atoms with Gasteiger partial charge in [0.25, 0.3) is 6.01 Å². The number of carbonyl (C=O) groups excluding carboxylic acids is 2. The van der Waals surface area contributed by atoms with Gasteiger partial charge in [0.15, 0.2) is 17.2 Å². The van der Waals surface area contributed by atoms with E-state index in [1.165, 1.54) is 25.3 Å². The third-order valence-corrected chi connectivity index (χ3v) is 7.80. The summed E-state index contributed by atoms with van der Waals surface area (Å²) in [5, 5.41) is 4.82. The first-order valence-electron chi connectivity index (χ1n) is 14.0. The molecule has 2 aliphatic rings. The summed E-state index contributed by atoms with van der Waals surface area (Å²) in [4.78, 5) is 34.8. The molecule has 1 N–H and O–H groups in total. The van der Waals surface area contributed by atoms with Gasteiger partial charge in [0.1, 0.15) is 17.9 Å². The molecule has 0 spiro atoms. The fourth-order valence-corrected chi connectivity index (χ4v) is 5.48. The molecule has 5 rings (SSSR count). The number of nitrogens with zero attached hydrogens (tertiary/aromatic N) is 2. The average molecular weight is 572 g/mol. The lowest BCUT2D eigenvalue weighted by Gasteiger charge is -2.32. The van der Waals surface area contributed by atoms with Gasteiger partial charge in [-0.3, -0.25) is 14.4 Å². The van der Waals surface area contributed by atoms with Crippen molar-refractivity contribution in [2.24, 2.45) is 5.92 Å². The van der Waals surface area contributed by atoms with Gasteiger partial charge in [-0.05, 0) is 74.8 Å². The van der Waals surface area contributed by atoms with Crippen molar-refractivity contribution in [1.82, 2.24) is 10.0 Å². The van der Waals surface area contributed by atoms with E-state index in [0.29, 0.717) is 12.3 Å². The van der Waals surface area contributed by atoms with Crippen molar-refractivity contribution in [2.75, 3.05) is 32.2 Å². The summed E-state index contributed by atoms with van der Waals surface area (Å²) < 4.78 is 44.9. The summed E-state index contributed by atoms with van der Waals surface area (Å²) in [6.07, 6.45) is 4.87. The first-order chi connectivity index (χ1) is 19.8. The van der Waals surface area contributed by atoms with Gasteiger partial charge in [0.05, 0.1) is 31.8 Å². The molecule has 0 radical (unpaired) electrons. The number of oxazole rings is 1. The van der Waals surface area contributed by atoms with Crippen LogP contribution >= 0.6 is 0 Å². The van der Waals surface area contributed by atoms with E-state index >= 15 is 4.39 Å². The SMILES string of the molecule is COC(=O)[C@H]1CC[C@H](ON2CCC[C@H]2COCC(=O)Cc2ccc3nc(Nc4cc(F)ccc4C)oc3c2F)CC1. The molecule has 1 aromatic heterocycles. The second kappa shape index (κ2) is 13.1. The van der Waals surface area contributed by atoms with E-state index in [9.17, 15) is 14.0 Å². The van der Waals surface area contributed by atoms with E-state index in [4.69, 9.17) is 18.7 Å². The van der Waals surface area contributed by atoms with Crippen molar-refractivity contribution in [1.29, 1.82) is 0 Å². The summed E-state index contributed by atoms with van der Waals surface area (Å²) >= 11 is 0. The van der Waals surface area contributed by atoms with Crippen LogP contribution in [0.25, 0.3) is 11.1 Å². The van der Waals surface area contributed by atoms with Crippen LogP contribution in [-0.2, 0) is 30.3 Å². The number of ether oxygens (including phenoxy) is 2. The molecule has 220 valence electrons. The molecule has 0 amide bonds. The number of fused-ring (bicyclic) bond motifs is 1. The average Bonchev–Trinajstić information content (AvgIpc) is 3.59. The number of aryl methyl sites for hydroxylation is 1. The van der Waals surface area contributed by atoms with Crippen LogP contribution in [0, 0.1) is 24.5 Å². The number of ketones is 1. The molecule has 0 bridgehead atoms. The minimum atomic E-state index is -0.662. The monoisotopic (exact) mass is 571 g/mol. The van der Waals surface area contributed by atoms with E-state index < -0.39 is 11.6 Å². The van der Waals surface area contributed by atoms with Crippen LogP contribution in [0.5, 0.6) is 0 Å². The Morgan fingerprint density at radius 2 is 1.93 bits per heavy atom. The molecule has 1 atom stereocenters. The number of halogens is 2. The Morgan fingerprint density at radius 3 is 2.71 bits per heavy atom. The Bertz CT molecular complexity index is 1390. The van der Waals surface area contributed by atoms with E-state index in [0.717, 1.165) is 50.6 Å². The van der Waals surface area contributed by atoms with Crippen LogP contribution in [-0.4, -0.2) is 60.8 Å². The van der Waals surface area contributed by atoms with Gasteiger partial charge in [-0.1, -0.05) is 12.1 Å². The smallest absolute Gasteiger partial charge is 0.308 e. The van der Waals surface area contributed by atoms with Gasteiger partial charge in [0, 0.05) is 18.7 Å². The van der Waals surface area contributed by atoms with Gasteiger partial charge < -0.3 is 19.2 Å². The second-order valence-corrected chi connectivity index (χ2v) is 10.8. The van der Waals surface area contributed by atoms with Gasteiger partial charge >= 0.3 is 5.97 Å². The van der Waals surface area contributed by atoms with E-state index in [-0.39, 0.29) is 65.5 Å². The number of nitrogens with one attached hydrogen (secondary N) is 1. The van der Waals surface area contributed by atoms with Crippen molar-refractivity contribution in [3.05, 3.63) is 53.1 Å².